The summed E-state index contributed by atoms with van der Waals surface area (Å²) in [7, 11) is 0. The maximum absolute atomic E-state index is 13.0. The third kappa shape index (κ3) is 6.87. The monoisotopic (exact) mass is 434 g/mol. The molecule has 0 saturated carbocycles. The number of hydrogen-bond acceptors (Lipinski definition) is 4. The van der Waals surface area contributed by atoms with Crippen LogP contribution in [0.2, 0.25) is 5.02 Å². The van der Waals surface area contributed by atoms with Gasteiger partial charge >= 0.3 is 6.18 Å². The van der Waals surface area contributed by atoms with Gasteiger partial charge in [-0.05, 0) is 39.0 Å². The largest absolute Gasteiger partial charge is 0.417 e. The van der Waals surface area contributed by atoms with Crippen molar-refractivity contribution in [3.8, 4) is 0 Å². The molecule has 1 unspecified atom stereocenters. The molecule has 1 aromatic carbocycles. The molecule has 1 fully saturated rings. The van der Waals surface area contributed by atoms with Gasteiger partial charge < -0.3 is 10.6 Å². The van der Waals surface area contributed by atoms with Gasteiger partial charge in [-0.3, -0.25) is 19.4 Å². The number of alkyl halides is 3. The molecular formula is C19H26ClF3N4O2. The number of benzene rings is 1. The van der Waals surface area contributed by atoms with Crippen LogP contribution in [0.15, 0.2) is 18.2 Å². The molecular weight excluding hydrogens is 409 g/mol. The predicted octanol–water partition coefficient (Wildman–Crippen LogP) is 2.83. The summed E-state index contributed by atoms with van der Waals surface area (Å²) in [5, 5.41) is 4.95. The predicted molar refractivity (Wildman–Crippen MR) is 106 cm³/mol. The summed E-state index contributed by atoms with van der Waals surface area (Å²) in [6.07, 6.45) is -4.60. The summed E-state index contributed by atoms with van der Waals surface area (Å²) in [5.74, 6) is -0.436. The van der Waals surface area contributed by atoms with E-state index >= 15 is 0 Å². The van der Waals surface area contributed by atoms with Gasteiger partial charge in [0.1, 0.15) is 0 Å². The number of nitrogens with one attached hydrogen (secondary N) is 2. The molecule has 2 N–H and O–H groups in total. The number of anilines is 1. The molecule has 0 spiro atoms. The van der Waals surface area contributed by atoms with Crippen LogP contribution in [-0.2, 0) is 15.8 Å². The Labute approximate surface area is 173 Å². The zero-order valence-electron chi connectivity index (χ0n) is 16.6. The van der Waals surface area contributed by atoms with Crippen molar-refractivity contribution in [3.05, 3.63) is 28.8 Å². The van der Waals surface area contributed by atoms with Crippen LogP contribution < -0.4 is 10.6 Å². The minimum atomic E-state index is -4.60. The van der Waals surface area contributed by atoms with Crippen molar-refractivity contribution in [1.29, 1.82) is 0 Å². The number of hydrogen-bond donors (Lipinski definition) is 2. The van der Waals surface area contributed by atoms with Crippen molar-refractivity contribution in [3.63, 3.8) is 0 Å². The SMILES string of the molecule is CC(C)NC(=O)CN1CCN(C(C)C(=O)Nc2ccc(Cl)c(C(F)(F)F)c2)CC1. The highest BCUT2D eigenvalue weighted by atomic mass is 35.5. The minimum Gasteiger partial charge on any atom is -0.353 e. The number of nitrogens with zero attached hydrogens (tertiary/aromatic N) is 2. The van der Waals surface area contributed by atoms with Crippen LogP contribution in [0, 0.1) is 0 Å². The van der Waals surface area contributed by atoms with E-state index in [1.807, 2.05) is 23.6 Å². The average molecular weight is 435 g/mol. The zero-order chi connectivity index (χ0) is 21.8. The Morgan fingerprint density at radius 1 is 1.14 bits per heavy atom. The first-order chi connectivity index (χ1) is 13.5. The highest BCUT2D eigenvalue weighted by Gasteiger charge is 2.34. The second-order valence-corrected chi connectivity index (χ2v) is 7.80. The molecule has 2 rings (SSSR count). The molecule has 0 aromatic heterocycles. The van der Waals surface area contributed by atoms with Gasteiger partial charge in [0.2, 0.25) is 11.8 Å². The van der Waals surface area contributed by atoms with Gasteiger partial charge in [-0.15, -0.1) is 0 Å². The average Bonchev–Trinajstić information content (AvgIpc) is 2.61. The van der Waals surface area contributed by atoms with Gasteiger partial charge in [0.15, 0.2) is 0 Å². The Kier molecular flexibility index (Phi) is 7.90. The molecule has 0 radical (unpaired) electrons. The van der Waals surface area contributed by atoms with Gasteiger partial charge in [-0.2, -0.15) is 13.2 Å². The fourth-order valence-electron chi connectivity index (χ4n) is 3.11. The van der Waals surface area contributed by atoms with Gasteiger partial charge in [0, 0.05) is 37.9 Å². The van der Waals surface area contributed by atoms with E-state index in [4.69, 9.17) is 11.6 Å². The molecule has 1 aliphatic heterocycles. The van der Waals surface area contributed by atoms with E-state index in [-0.39, 0.29) is 17.6 Å². The van der Waals surface area contributed by atoms with Crippen molar-refractivity contribution in [1.82, 2.24) is 15.1 Å². The molecule has 0 bridgehead atoms. The van der Waals surface area contributed by atoms with E-state index in [0.717, 1.165) is 12.1 Å². The summed E-state index contributed by atoms with van der Waals surface area (Å²) in [6.45, 7) is 8.22. The Hall–Kier alpha value is -1.84. The number of carbonyl (C=O) groups excluding carboxylic acids is 2. The molecule has 0 aliphatic carbocycles. The van der Waals surface area contributed by atoms with Crippen molar-refractivity contribution >= 4 is 29.1 Å². The number of halogens is 4. The lowest BCUT2D eigenvalue weighted by Crippen LogP contribution is -2.54. The topological polar surface area (TPSA) is 64.7 Å². The summed E-state index contributed by atoms with van der Waals surface area (Å²) in [6, 6.07) is 2.85. The maximum atomic E-state index is 13.0. The first-order valence-corrected chi connectivity index (χ1v) is 9.78. The van der Waals surface area contributed by atoms with Gasteiger partial charge in [0.25, 0.3) is 0 Å². The number of piperazine rings is 1. The van der Waals surface area contributed by atoms with E-state index in [9.17, 15) is 22.8 Å². The molecule has 2 amide bonds. The second kappa shape index (κ2) is 9.77. The van der Waals surface area contributed by atoms with E-state index < -0.39 is 28.7 Å². The fraction of sp³-hybridized carbons (Fsp3) is 0.579. The van der Waals surface area contributed by atoms with E-state index in [1.165, 1.54) is 6.07 Å². The lowest BCUT2D eigenvalue weighted by Gasteiger charge is -2.37. The van der Waals surface area contributed by atoms with Crippen LogP contribution >= 0.6 is 11.6 Å². The molecule has 1 aliphatic rings. The fourth-order valence-corrected chi connectivity index (χ4v) is 3.34. The van der Waals surface area contributed by atoms with Crippen molar-refractivity contribution < 1.29 is 22.8 Å². The minimum absolute atomic E-state index is 0.0394. The van der Waals surface area contributed by atoms with Crippen molar-refractivity contribution in [2.24, 2.45) is 0 Å². The van der Waals surface area contributed by atoms with Gasteiger partial charge in [0.05, 0.1) is 23.2 Å². The van der Waals surface area contributed by atoms with Crippen LogP contribution in [0.25, 0.3) is 0 Å². The quantitative estimate of drug-likeness (QED) is 0.722. The number of rotatable bonds is 6. The Balaban J connectivity index is 1.89. The van der Waals surface area contributed by atoms with E-state index in [0.29, 0.717) is 32.7 Å². The third-order valence-corrected chi connectivity index (χ3v) is 5.02. The lowest BCUT2D eigenvalue weighted by atomic mass is 10.1. The molecule has 6 nitrogen and oxygen atoms in total. The van der Waals surface area contributed by atoms with E-state index in [2.05, 4.69) is 10.6 Å². The summed E-state index contributed by atoms with van der Waals surface area (Å²) >= 11 is 5.60. The molecule has 1 aromatic rings. The van der Waals surface area contributed by atoms with Crippen molar-refractivity contribution in [2.45, 2.75) is 39.0 Å². The van der Waals surface area contributed by atoms with E-state index in [1.54, 1.807) is 6.92 Å². The Morgan fingerprint density at radius 3 is 2.31 bits per heavy atom. The highest BCUT2D eigenvalue weighted by Crippen LogP contribution is 2.36. The van der Waals surface area contributed by atoms with Crippen molar-refractivity contribution in [2.75, 3.05) is 38.0 Å². The van der Waals surface area contributed by atoms with Crippen LogP contribution in [0.3, 0.4) is 0 Å². The van der Waals surface area contributed by atoms with Crippen LogP contribution in [-0.4, -0.2) is 66.4 Å². The summed E-state index contributed by atoms with van der Waals surface area (Å²) in [4.78, 5) is 28.3. The molecule has 10 heteroatoms. The van der Waals surface area contributed by atoms with Crippen LogP contribution in [0.4, 0.5) is 18.9 Å². The first kappa shape index (κ1) is 23.4. The Morgan fingerprint density at radius 2 is 1.76 bits per heavy atom. The zero-order valence-corrected chi connectivity index (χ0v) is 17.4. The Bertz CT molecular complexity index is 735. The molecule has 1 saturated heterocycles. The third-order valence-electron chi connectivity index (χ3n) is 4.69. The standard InChI is InChI=1S/C19H26ClF3N4O2/c1-12(2)24-17(28)11-26-6-8-27(9-7-26)13(3)18(29)25-14-4-5-16(20)15(10-14)19(21,22)23/h4-5,10,12-13H,6-9,11H2,1-3H3,(H,24,28)(H,25,29). The molecule has 1 atom stereocenters. The summed E-state index contributed by atoms with van der Waals surface area (Å²) < 4.78 is 38.9. The summed E-state index contributed by atoms with van der Waals surface area (Å²) in [5.41, 5.74) is -0.944. The van der Waals surface area contributed by atoms with Crippen LogP contribution in [0.1, 0.15) is 26.3 Å². The highest BCUT2D eigenvalue weighted by molar-refractivity contribution is 6.31. The maximum Gasteiger partial charge on any atom is 0.417 e. The first-order valence-electron chi connectivity index (χ1n) is 9.40. The lowest BCUT2D eigenvalue weighted by molar-refractivity contribution is -0.137. The normalized spacial score (nSPS) is 17.2. The smallest absolute Gasteiger partial charge is 0.353 e. The molecule has 29 heavy (non-hydrogen) atoms. The molecule has 1 heterocycles. The number of carbonyl (C=O) groups is 2. The second-order valence-electron chi connectivity index (χ2n) is 7.39. The number of amides is 2. The van der Waals surface area contributed by atoms with Gasteiger partial charge in [-0.25, -0.2) is 0 Å². The molecule has 162 valence electrons. The van der Waals surface area contributed by atoms with Crippen LogP contribution in [0.5, 0.6) is 0 Å². The van der Waals surface area contributed by atoms with Gasteiger partial charge in [-0.1, -0.05) is 11.6 Å².